The first kappa shape index (κ1) is 18.9. The quantitative estimate of drug-likeness (QED) is 0.505. The maximum atomic E-state index is 11.7. The van der Waals surface area contributed by atoms with Gasteiger partial charge in [0.05, 0.1) is 11.7 Å². The third-order valence-electron chi connectivity index (χ3n) is 4.47. The number of rotatable bonds is 5. The van der Waals surface area contributed by atoms with Crippen molar-refractivity contribution in [2.75, 3.05) is 6.54 Å². The van der Waals surface area contributed by atoms with Crippen molar-refractivity contribution < 1.29 is 9.53 Å². The van der Waals surface area contributed by atoms with Crippen LogP contribution in [0.1, 0.15) is 32.9 Å². The average molecular weight is 392 g/mol. The number of alkyl carbamates (subject to hydrolysis) is 1. The van der Waals surface area contributed by atoms with Gasteiger partial charge in [-0.15, -0.1) is 0 Å². The number of nitrogens with one attached hydrogen (secondary N) is 2. The number of nitrogens with zero attached hydrogens (tertiary/aromatic N) is 4. The average Bonchev–Trinajstić information content (AvgIpc) is 3.27. The fourth-order valence-electron chi connectivity index (χ4n) is 3.27. The Morgan fingerprint density at radius 1 is 1.21 bits per heavy atom. The number of hydrogen-bond donors (Lipinski definition) is 2. The standard InChI is InChI=1S/C21H24N6O2/c1-21(2,3)29-20(28)23-9-4-6-14-12-16-15(8-11-22-19(16)26-14)17-13-25-27-18(17)7-5-10-24-27/h5,7-8,10-13H,4,6,9H2,1-3H3,(H,22,26)(H,23,28). The lowest BCUT2D eigenvalue weighted by Gasteiger charge is -2.19. The van der Waals surface area contributed by atoms with Gasteiger partial charge >= 0.3 is 6.09 Å². The Morgan fingerprint density at radius 3 is 2.90 bits per heavy atom. The summed E-state index contributed by atoms with van der Waals surface area (Å²) >= 11 is 0. The molecule has 0 atom stereocenters. The van der Waals surface area contributed by atoms with Crippen LogP contribution in [0.3, 0.4) is 0 Å². The highest BCUT2D eigenvalue weighted by Crippen LogP contribution is 2.30. The summed E-state index contributed by atoms with van der Waals surface area (Å²) in [7, 11) is 0. The van der Waals surface area contributed by atoms with Gasteiger partial charge in [0.15, 0.2) is 0 Å². The first-order chi connectivity index (χ1) is 13.9. The molecule has 0 aliphatic rings. The molecule has 0 fully saturated rings. The number of amides is 1. The van der Waals surface area contributed by atoms with Crippen LogP contribution in [0.25, 0.3) is 27.7 Å². The Balaban J connectivity index is 1.48. The second-order valence-corrected chi connectivity index (χ2v) is 7.90. The lowest BCUT2D eigenvalue weighted by Crippen LogP contribution is -2.33. The smallest absolute Gasteiger partial charge is 0.407 e. The number of aryl methyl sites for hydroxylation is 1. The minimum Gasteiger partial charge on any atom is -0.444 e. The van der Waals surface area contributed by atoms with Crippen LogP contribution in [0.15, 0.2) is 42.9 Å². The van der Waals surface area contributed by atoms with Crippen LogP contribution in [-0.2, 0) is 11.2 Å². The Kier molecular flexibility index (Phi) is 4.92. The summed E-state index contributed by atoms with van der Waals surface area (Å²) in [6, 6.07) is 8.01. The number of aromatic nitrogens is 5. The van der Waals surface area contributed by atoms with Crippen molar-refractivity contribution in [2.24, 2.45) is 0 Å². The fourth-order valence-corrected chi connectivity index (χ4v) is 3.27. The summed E-state index contributed by atoms with van der Waals surface area (Å²) in [5.41, 5.74) is 4.44. The van der Waals surface area contributed by atoms with E-state index in [4.69, 9.17) is 4.74 Å². The molecule has 0 aliphatic heterocycles. The minimum absolute atomic E-state index is 0.389. The SMILES string of the molecule is CC(C)(C)OC(=O)NCCCc1cc2c(-c3cnn4ncccc34)ccnc2[nH]1. The number of fused-ring (bicyclic) bond motifs is 2. The lowest BCUT2D eigenvalue weighted by molar-refractivity contribution is 0.0527. The third-order valence-corrected chi connectivity index (χ3v) is 4.47. The third kappa shape index (κ3) is 4.21. The van der Waals surface area contributed by atoms with Crippen molar-refractivity contribution in [2.45, 2.75) is 39.2 Å². The zero-order chi connectivity index (χ0) is 20.4. The fraction of sp³-hybridized carbons (Fsp3) is 0.333. The number of pyridine rings is 1. The molecule has 0 aliphatic carbocycles. The number of carbonyl (C=O) groups is 1. The van der Waals surface area contributed by atoms with E-state index in [0.29, 0.717) is 6.54 Å². The van der Waals surface area contributed by atoms with E-state index in [1.54, 1.807) is 17.0 Å². The van der Waals surface area contributed by atoms with Crippen LogP contribution in [-0.4, -0.2) is 43.0 Å². The van der Waals surface area contributed by atoms with Crippen molar-refractivity contribution in [1.29, 1.82) is 0 Å². The van der Waals surface area contributed by atoms with Gasteiger partial charge < -0.3 is 15.0 Å². The van der Waals surface area contributed by atoms with Crippen molar-refractivity contribution in [3.8, 4) is 11.1 Å². The second-order valence-electron chi connectivity index (χ2n) is 7.90. The number of carbonyl (C=O) groups excluding carboxylic acids is 1. The molecule has 8 nitrogen and oxygen atoms in total. The summed E-state index contributed by atoms with van der Waals surface area (Å²) in [4.78, 5) is 19.6. The highest BCUT2D eigenvalue weighted by atomic mass is 16.6. The molecule has 1 amide bonds. The normalized spacial score (nSPS) is 11.8. The van der Waals surface area contributed by atoms with E-state index in [1.165, 1.54) is 0 Å². The summed E-state index contributed by atoms with van der Waals surface area (Å²) in [6.45, 7) is 6.09. The summed E-state index contributed by atoms with van der Waals surface area (Å²) in [6.07, 6.45) is 6.53. The van der Waals surface area contributed by atoms with Crippen LogP contribution in [0.5, 0.6) is 0 Å². The molecule has 0 spiro atoms. The van der Waals surface area contributed by atoms with Crippen molar-refractivity contribution in [1.82, 2.24) is 30.1 Å². The zero-order valence-electron chi connectivity index (χ0n) is 16.8. The molecule has 150 valence electrons. The predicted molar refractivity (Wildman–Crippen MR) is 111 cm³/mol. The van der Waals surface area contributed by atoms with E-state index < -0.39 is 5.60 Å². The number of ether oxygens (including phenoxy) is 1. The first-order valence-electron chi connectivity index (χ1n) is 9.63. The highest BCUT2D eigenvalue weighted by molar-refractivity contribution is 5.97. The van der Waals surface area contributed by atoms with Gasteiger partial charge in [0, 0.05) is 35.6 Å². The molecular weight excluding hydrogens is 368 g/mol. The Hall–Kier alpha value is -3.42. The number of hydrogen-bond acceptors (Lipinski definition) is 5. The minimum atomic E-state index is -0.489. The van der Waals surface area contributed by atoms with Crippen molar-refractivity contribution in [3.63, 3.8) is 0 Å². The van der Waals surface area contributed by atoms with E-state index in [0.717, 1.165) is 46.2 Å². The molecule has 29 heavy (non-hydrogen) atoms. The molecule has 0 saturated heterocycles. The molecule has 0 saturated carbocycles. The van der Waals surface area contributed by atoms with Crippen LogP contribution >= 0.6 is 0 Å². The van der Waals surface area contributed by atoms with Crippen LogP contribution in [0, 0.1) is 0 Å². The molecule has 4 aromatic rings. The van der Waals surface area contributed by atoms with Gasteiger partial charge in [0.2, 0.25) is 0 Å². The molecule has 2 N–H and O–H groups in total. The molecule has 0 aromatic carbocycles. The molecule has 0 radical (unpaired) electrons. The van der Waals surface area contributed by atoms with Gasteiger partial charge in [-0.25, -0.2) is 9.78 Å². The van der Waals surface area contributed by atoms with E-state index in [-0.39, 0.29) is 6.09 Å². The lowest BCUT2D eigenvalue weighted by atomic mass is 10.1. The molecule has 0 unspecified atom stereocenters. The number of aromatic amines is 1. The Bertz CT molecular complexity index is 1150. The van der Waals surface area contributed by atoms with Crippen LogP contribution in [0.2, 0.25) is 0 Å². The van der Waals surface area contributed by atoms with E-state index in [2.05, 4.69) is 31.5 Å². The highest BCUT2D eigenvalue weighted by Gasteiger charge is 2.16. The van der Waals surface area contributed by atoms with Gasteiger partial charge in [-0.1, -0.05) is 0 Å². The van der Waals surface area contributed by atoms with Gasteiger partial charge in [-0.3, -0.25) is 0 Å². The monoisotopic (exact) mass is 392 g/mol. The predicted octanol–water partition coefficient (Wildman–Crippen LogP) is 3.73. The molecule has 4 rings (SSSR count). The molecular formula is C21H24N6O2. The summed E-state index contributed by atoms with van der Waals surface area (Å²) < 4.78 is 6.87. The van der Waals surface area contributed by atoms with Crippen molar-refractivity contribution in [3.05, 3.63) is 48.5 Å². The summed E-state index contributed by atoms with van der Waals surface area (Å²) in [5.74, 6) is 0. The molecule has 8 heteroatoms. The second kappa shape index (κ2) is 7.54. The first-order valence-corrected chi connectivity index (χ1v) is 9.63. The molecule has 4 heterocycles. The molecule has 4 aromatic heterocycles. The zero-order valence-corrected chi connectivity index (χ0v) is 16.8. The van der Waals surface area contributed by atoms with E-state index in [9.17, 15) is 4.79 Å². The van der Waals surface area contributed by atoms with Gasteiger partial charge in [-0.05, 0) is 63.4 Å². The Labute approximate surface area is 168 Å². The van der Waals surface area contributed by atoms with Crippen LogP contribution < -0.4 is 5.32 Å². The van der Waals surface area contributed by atoms with E-state index >= 15 is 0 Å². The topological polar surface area (TPSA) is 97.2 Å². The Morgan fingerprint density at radius 2 is 2.07 bits per heavy atom. The van der Waals surface area contributed by atoms with E-state index in [1.807, 2.05) is 45.2 Å². The summed E-state index contributed by atoms with van der Waals surface area (Å²) in [5, 5.41) is 12.4. The maximum absolute atomic E-state index is 11.7. The van der Waals surface area contributed by atoms with Crippen LogP contribution in [0.4, 0.5) is 4.79 Å². The van der Waals surface area contributed by atoms with Gasteiger partial charge in [0.25, 0.3) is 0 Å². The van der Waals surface area contributed by atoms with Gasteiger partial charge in [0.1, 0.15) is 11.2 Å². The number of H-pyrrole nitrogens is 1. The maximum Gasteiger partial charge on any atom is 0.407 e. The van der Waals surface area contributed by atoms with Gasteiger partial charge in [-0.2, -0.15) is 14.8 Å². The molecule has 0 bridgehead atoms. The largest absolute Gasteiger partial charge is 0.444 e. The van der Waals surface area contributed by atoms with Crippen molar-refractivity contribution >= 4 is 22.6 Å².